The van der Waals surface area contributed by atoms with E-state index in [0.29, 0.717) is 36.9 Å². The average molecular weight is 314 g/mol. The third-order valence-electron chi connectivity index (χ3n) is 2.83. The molecule has 116 valence electrons. The van der Waals surface area contributed by atoms with E-state index in [4.69, 9.17) is 21.1 Å². The lowest BCUT2D eigenvalue weighted by atomic mass is 10.2. The van der Waals surface area contributed by atoms with Gasteiger partial charge >= 0.3 is 5.97 Å². The molecule has 1 aromatic carbocycles. The maximum Gasteiger partial charge on any atom is 0.307 e. The Morgan fingerprint density at radius 2 is 1.86 bits per heavy atom. The van der Waals surface area contributed by atoms with E-state index < -0.39 is 0 Å². The molecule has 0 bridgehead atoms. The lowest BCUT2D eigenvalue weighted by molar-refractivity contribution is -0.143. The molecule has 0 saturated carbocycles. The number of esters is 1. The van der Waals surface area contributed by atoms with Crippen LogP contribution in [0, 0.1) is 0 Å². The molecule has 1 rings (SSSR count). The summed E-state index contributed by atoms with van der Waals surface area (Å²) in [5.41, 5.74) is 0.527. The van der Waals surface area contributed by atoms with Crippen LogP contribution in [0.1, 0.15) is 23.7 Å². The zero-order valence-corrected chi connectivity index (χ0v) is 13.1. The molecule has 21 heavy (non-hydrogen) atoms. The van der Waals surface area contributed by atoms with Crippen molar-refractivity contribution in [1.29, 1.82) is 0 Å². The molecule has 0 aliphatic carbocycles. The number of hydrogen-bond acceptors (Lipinski definition) is 4. The SMILES string of the molecule is CCOC(=O)CCN(CCOC)C(=O)c1ccc(Cl)cc1. The summed E-state index contributed by atoms with van der Waals surface area (Å²) in [6.45, 7) is 3.20. The summed E-state index contributed by atoms with van der Waals surface area (Å²) in [5.74, 6) is -0.475. The van der Waals surface area contributed by atoms with Crippen LogP contribution in [0.4, 0.5) is 0 Å². The first-order valence-electron chi connectivity index (χ1n) is 6.78. The molecule has 0 N–H and O–H groups in total. The van der Waals surface area contributed by atoms with Gasteiger partial charge in [-0.1, -0.05) is 11.6 Å². The maximum absolute atomic E-state index is 12.4. The fourth-order valence-electron chi connectivity index (χ4n) is 1.75. The fourth-order valence-corrected chi connectivity index (χ4v) is 1.88. The summed E-state index contributed by atoms with van der Waals surface area (Å²) >= 11 is 5.81. The minimum Gasteiger partial charge on any atom is -0.466 e. The molecule has 0 saturated heterocycles. The van der Waals surface area contributed by atoms with Crippen LogP contribution in [0.25, 0.3) is 0 Å². The smallest absolute Gasteiger partial charge is 0.307 e. The zero-order valence-electron chi connectivity index (χ0n) is 12.3. The predicted molar refractivity (Wildman–Crippen MR) is 80.5 cm³/mol. The molecule has 1 aromatic rings. The Labute approximate surface area is 129 Å². The summed E-state index contributed by atoms with van der Waals surface area (Å²) in [6.07, 6.45) is 0.164. The largest absolute Gasteiger partial charge is 0.466 e. The van der Waals surface area contributed by atoms with Crippen LogP contribution >= 0.6 is 11.6 Å². The Bertz CT molecular complexity index is 461. The molecule has 0 aromatic heterocycles. The van der Waals surface area contributed by atoms with Gasteiger partial charge in [0.05, 0.1) is 19.6 Å². The van der Waals surface area contributed by atoms with E-state index in [1.54, 1.807) is 43.2 Å². The molecular formula is C15H20ClNO4. The summed E-state index contributed by atoms with van der Waals surface area (Å²) in [4.78, 5) is 25.4. The molecule has 1 amide bonds. The Morgan fingerprint density at radius 1 is 1.19 bits per heavy atom. The number of nitrogens with zero attached hydrogens (tertiary/aromatic N) is 1. The third-order valence-corrected chi connectivity index (χ3v) is 3.09. The van der Waals surface area contributed by atoms with Gasteiger partial charge in [0, 0.05) is 30.8 Å². The molecule has 0 aliphatic rings. The molecular weight excluding hydrogens is 294 g/mol. The van der Waals surface area contributed by atoms with Crippen LogP contribution in [-0.4, -0.2) is 50.2 Å². The number of carbonyl (C=O) groups is 2. The summed E-state index contributed by atoms with van der Waals surface area (Å²) in [6, 6.07) is 6.65. The second kappa shape index (κ2) is 9.37. The van der Waals surface area contributed by atoms with Gasteiger partial charge in [-0.2, -0.15) is 0 Å². The summed E-state index contributed by atoms with van der Waals surface area (Å²) in [7, 11) is 1.57. The highest BCUT2D eigenvalue weighted by Gasteiger charge is 2.17. The van der Waals surface area contributed by atoms with E-state index >= 15 is 0 Å². The summed E-state index contributed by atoms with van der Waals surface area (Å²) in [5, 5.41) is 0.571. The van der Waals surface area contributed by atoms with Crippen LogP contribution in [0.3, 0.4) is 0 Å². The summed E-state index contributed by atoms with van der Waals surface area (Å²) < 4.78 is 9.87. The first kappa shape index (κ1) is 17.5. The molecule has 0 atom stereocenters. The number of hydrogen-bond donors (Lipinski definition) is 0. The van der Waals surface area contributed by atoms with Crippen molar-refractivity contribution in [3.05, 3.63) is 34.9 Å². The van der Waals surface area contributed by atoms with E-state index in [-0.39, 0.29) is 18.3 Å². The van der Waals surface area contributed by atoms with E-state index in [2.05, 4.69) is 0 Å². The van der Waals surface area contributed by atoms with Gasteiger partial charge in [0.15, 0.2) is 0 Å². The van der Waals surface area contributed by atoms with Crippen molar-refractivity contribution in [3.63, 3.8) is 0 Å². The Morgan fingerprint density at radius 3 is 2.43 bits per heavy atom. The molecule has 0 spiro atoms. The lowest BCUT2D eigenvalue weighted by Gasteiger charge is -2.22. The van der Waals surface area contributed by atoms with Crippen molar-refractivity contribution >= 4 is 23.5 Å². The monoisotopic (exact) mass is 313 g/mol. The second-order valence-electron chi connectivity index (χ2n) is 4.35. The van der Waals surface area contributed by atoms with Gasteiger partial charge in [-0.3, -0.25) is 9.59 Å². The number of rotatable bonds is 8. The second-order valence-corrected chi connectivity index (χ2v) is 4.78. The van der Waals surface area contributed by atoms with Gasteiger partial charge in [0.2, 0.25) is 0 Å². The molecule has 0 heterocycles. The minimum atomic E-state index is -0.316. The molecule has 0 radical (unpaired) electrons. The number of benzene rings is 1. The van der Waals surface area contributed by atoms with Gasteiger partial charge in [-0.05, 0) is 31.2 Å². The van der Waals surface area contributed by atoms with Crippen molar-refractivity contribution in [2.75, 3.05) is 33.4 Å². The normalized spacial score (nSPS) is 10.2. The highest BCUT2D eigenvalue weighted by molar-refractivity contribution is 6.30. The molecule has 0 fully saturated rings. The number of methoxy groups -OCH3 is 1. The Kier molecular flexibility index (Phi) is 7.79. The fraction of sp³-hybridized carbons (Fsp3) is 0.467. The Hall–Kier alpha value is -1.59. The maximum atomic E-state index is 12.4. The van der Waals surface area contributed by atoms with Crippen LogP contribution in [-0.2, 0) is 14.3 Å². The van der Waals surface area contributed by atoms with Crippen molar-refractivity contribution in [2.24, 2.45) is 0 Å². The molecule has 6 heteroatoms. The van der Waals surface area contributed by atoms with Crippen LogP contribution in [0.2, 0.25) is 5.02 Å². The first-order chi connectivity index (χ1) is 10.1. The first-order valence-corrected chi connectivity index (χ1v) is 7.15. The molecule has 5 nitrogen and oxygen atoms in total. The lowest BCUT2D eigenvalue weighted by Crippen LogP contribution is -2.35. The van der Waals surface area contributed by atoms with E-state index in [0.717, 1.165) is 0 Å². The van der Waals surface area contributed by atoms with Gasteiger partial charge in [0.25, 0.3) is 5.91 Å². The van der Waals surface area contributed by atoms with Gasteiger partial charge in [-0.25, -0.2) is 0 Å². The van der Waals surface area contributed by atoms with Crippen LogP contribution in [0.5, 0.6) is 0 Å². The molecule has 0 unspecified atom stereocenters. The van der Waals surface area contributed by atoms with Crippen molar-refractivity contribution in [2.45, 2.75) is 13.3 Å². The topological polar surface area (TPSA) is 55.8 Å². The van der Waals surface area contributed by atoms with Crippen LogP contribution < -0.4 is 0 Å². The average Bonchev–Trinajstić information content (AvgIpc) is 2.48. The third kappa shape index (κ3) is 6.14. The van der Waals surface area contributed by atoms with Gasteiger partial charge in [-0.15, -0.1) is 0 Å². The van der Waals surface area contributed by atoms with E-state index in [1.807, 2.05) is 0 Å². The Balaban J connectivity index is 2.69. The van der Waals surface area contributed by atoms with Gasteiger partial charge < -0.3 is 14.4 Å². The number of halogens is 1. The highest BCUT2D eigenvalue weighted by atomic mass is 35.5. The van der Waals surface area contributed by atoms with Crippen LogP contribution in [0.15, 0.2) is 24.3 Å². The number of carbonyl (C=O) groups excluding carboxylic acids is 2. The highest BCUT2D eigenvalue weighted by Crippen LogP contribution is 2.12. The zero-order chi connectivity index (χ0) is 15.7. The van der Waals surface area contributed by atoms with Gasteiger partial charge in [0.1, 0.15) is 0 Å². The molecule has 0 aliphatic heterocycles. The van der Waals surface area contributed by atoms with Crippen molar-refractivity contribution in [1.82, 2.24) is 4.90 Å². The van der Waals surface area contributed by atoms with Crippen molar-refractivity contribution < 1.29 is 19.1 Å². The quantitative estimate of drug-likeness (QED) is 0.691. The predicted octanol–water partition coefficient (Wildman–Crippen LogP) is 2.38. The van der Waals surface area contributed by atoms with Crippen molar-refractivity contribution in [3.8, 4) is 0 Å². The number of amides is 1. The standard InChI is InChI=1S/C15H20ClNO4/c1-3-21-14(18)8-9-17(10-11-20-2)15(19)12-4-6-13(16)7-5-12/h4-7H,3,8-11H2,1-2H3. The minimum absolute atomic E-state index is 0.159. The van der Waals surface area contributed by atoms with E-state index in [9.17, 15) is 9.59 Å². The number of ether oxygens (including phenoxy) is 2. The van der Waals surface area contributed by atoms with E-state index in [1.165, 1.54) is 0 Å².